The molecule has 1 aromatic rings. The number of hydrogen-bond acceptors (Lipinski definition) is 6. The molecule has 2 amide bonds. The molecule has 1 saturated heterocycles. The third kappa shape index (κ3) is 5.55. The van der Waals surface area contributed by atoms with Crippen molar-refractivity contribution in [3.05, 3.63) is 35.4 Å². The van der Waals surface area contributed by atoms with Crippen LogP contribution < -0.4 is 5.73 Å². The van der Waals surface area contributed by atoms with Crippen LogP contribution in [0.25, 0.3) is 0 Å². The van der Waals surface area contributed by atoms with Gasteiger partial charge in [0.15, 0.2) is 16.4 Å². The molecule has 9 heteroatoms. The fraction of sp³-hybridized carbons (Fsp3) is 0.471. The van der Waals surface area contributed by atoms with Crippen LogP contribution in [0.3, 0.4) is 0 Å². The highest BCUT2D eigenvalue weighted by Crippen LogP contribution is 2.17. The second-order valence-corrected chi connectivity index (χ2v) is 8.48. The monoisotopic (exact) mass is 382 g/mol. The number of carbonyl (C=O) groups excluding carboxylic acids is 3. The topological polar surface area (TPSA) is 124 Å². The van der Waals surface area contributed by atoms with Gasteiger partial charge in [0.05, 0.1) is 11.3 Å². The Morgan fingerprint density at radius 3 is 2.42 bits per heavy atom. The molecule has 1 aliphatic rings. The highest BCUT2D eigenvalue weighted by atomic mass is 32.2. The average molecular weight is 382 g/mol. The van der Waals surface area contributed by atoms with Crippen molar-refractivity contribution in [3.63, 3.8) is 0 Å². The number of likely N-dealkylation sites (tertiary alicyclic amines) is 1. The summed E-state index contributed by atoms with van der Waals surface area (Å²) in [5.41, 5.74) is 6.08. The Morgan fingerprint density at radius 2 is 1.85 bits per heavy atom. The zero-order chi connectivity index (χ0) is 19.3. The average Bonchev–Trinajstić information content (AvgIpc) is 2.58. The molecule has 0 aliphatic carbocycles. The Labute approximate surface area is 152 Å². The molecule has 0 unspecified atom stereocenters. The lowest BCUT2D eigenvalue weighted by Gasteiger charge is -2.33. The molecule has 0 spiro atoms. The summed E-state index contributed by atoms with van der Waals surface area (Å²) in [5, 5.41) is 0. The van der Waals surface area contributed by atoms with Crippen molar-refractivity contribution in [1.82, 2.24) is 4.90 Å². The maximum Gasteiger partial charge on any atom is 0.338 e. The standard InChI is InChI=1S/C17H22N2O6S/c1-26(23,24)11-12-5-7-13(8-6-12)17(22)25-10-15(20)19-9-3-2-4-14(19)16(18)21/h5-8,14H,2-4,9-11H2,1H3,(H2,18,21)/t14-/m0/s1. The van der Waals surface area contributed by atoms with Crippen molar-refractivity contribution in [2.24, 2.45) is 5.73 Å². The van der Waals surface area contributed by atoms with Gasteiger partial charge in [-0.2, -0.15) is 0 Å². The summed E-state index contributed by atoms with van der Waals surface area (Å²) in [4.78, 5) is 37.1. The van der Waals surface area contributed by atoms with Gasteiger partial charge in [0.1, 0.15) is 6.04 Å². The minimum Gasteiger partial charge on any atom is -0.452 e. The van der Waals surface area contributed by atoms with Crippen molar-refractivity contribution < 1.29 is 27.5 Å². The van der Waals surface area contributed by atoms with Crippen LogP contribution in [0.2, 0.25) is 0 Å². The first-order chi connectivity index (χ1) is 12.2. The van der Waals surface area contributed by atoms with Crippen LogP contribution >= 0.6 is 0 Å². The van der Waals surface area contributed by atoms with Gasteiger partial charge in [0.25, 0.3) is 5.91 Å². The molecule has 1 heterocycles. The van der Waals surface area contributed by atoms with E-state index in [9.17, 15) is 22.8 Å². The SMILES string of the molecule is CS(=O)(=O)Cc1ccc(C(=O)OCC(=O)N2CCCC[C@H]2C(N)=O)cc1. The van der Waals surface area contributed by atoms with E-state index >= 15 is 0 Å². The van der Waals surface area contributed by atoms with Crippen molar-refractivity contribution in [2.75, 3.05) is 19.4 Å². The molecule has 1 fully saturated rings. The number of hydrogen-bond donors (Lipinski definition) is 1. The lowest BCUT2D eigenvalue weighted by molar-refractivity contribution is -0.143. The predicted molar refractivity (Wildman–Crippen MR) is 93.8 cm³/mol. The van der Waals surface area contributed by atoms with Crippen molar-refractivity contribution in [3.8, 4) is 0 Å². The number of esters is 1. The Balaban J connectivity index is 1.93. The molecule has 1 aromatic carbocycles. The van der Waals surface area contributed by atoms with Crippen molar-refractivity contribution in [2.45, 2.75) is 31.1 Å². The summed E-state index contributed by atoms with van der Waals surface area (Å²) in [5.74, 6) is -1.84. The van der Waals surface area contributed by atoms with Gasteiger partial charge in [0, 0.05) is 12.8 Å². The summed E-state index contributed by atoms with van der Waals surface area (Å²) in [6.07, 6.45) is 3.22. The molecule has 8 nitrogen and oxygen atoms in total. The van der Waals surface area contributed by atoms with E-state index in [1.807, 2.05) is 0 Å². The zero-order valence-electron chi connectivity index (χ0n) is 14.5. The quantitative estimate of drug-likeness (QED) is 0.704. The van der Waals surface area contributed by atoms with Gasteiger partial charge < -0.3 is 15.4 Å². The smallest absolute Gasteiger partial charge is 0.338 e. The third-order valence-electron chi connectivity index (χ3n) is 4.10. The number of piperidine rings is 1. The van der Waals surface area contributed by atoms with E-state index in [0.717, 1.165) is 19.1 Å². The molecule has 2 rings (SSSR count). The lowest BCUT2D eigenvalue weighted by Crippen LogP contribution is -2.51. The molecule has 0 bridgehead atoms. The van der Waals surface area contributed by atoms with E-state index in [1.54, 1.807) is 0 Å². The normalized spacial score (nSPS) is 17.6. The minimum absolute atomic E-state index is 0.121. The number of benzene rings is 1. The Hall–Kier alpha value is -2.42. The predicted octanol–water partition coefficient (Wildman–Crippen LogP) is 0.254. The number of nitrogens with zero attached hydrogens (tertiary/aromatic N) is 1. The van der Waals surface area contributed by atoms with E-state index < -0.39 is 40.3 Å². The van der Waals surface area contributed by atoms with E-state index in [-0.39, 0.29) is 11.3 Å². The first-order valence-electron chi connectivity index (χ1n) is 8.20. The van der Waals surface area contributed by atoms with Gasteiger partial charge in [-0.15, -0.1) is 0 Å². The minimum atomic E-state index is -3.16. The van der Waals surface area contributed by atoms with Gasteiger partial charge in [-0.05, 0) is 37.0 Å². The first-order valence-corrected chi connectivity index (χ1v) is 10.3. The number of carbonyl (C=O) groups is 3. The van der Waals surface area contributed by atoms with Crippen molar-refractivity contribution >= 4 is 27.6 Å². The number of amides is 2. The molecule has 0 aromatic heterocycles. The van der Waals surface area contributed by atoms with Crippen LogP contribution in [0.15, 0.2) is 24.3 Å². The Kier molecular flexibility index (Phi) is 6.36. The lowest BCUT2D eigenvalue weighted by atomic mass is 10.0. The fourth-order valence-electron chi connectivity index (χ4n) is 2.86. The molecule has 0 radical (unpaired) electrons. The summed E-state index contributed by atoms with van der Waals surface area (Å²) in [7, 11) is -3.16. The summed E-state index contributed by atoms with van der Waals surface area (Å²) >= 11 is 0. The maximum atomic E-state index is 12.2. The van der Waals surface area contributed by atoms with E-state index in [4.69, 9.17) is 10.5 Å². The van der Waals surface area contributed by atoms with E-state index in [0.29, 0.717) is 18.5 Å². The molecular weight excluding hydrogens is 360 g/mol. The van der Waals surface area contributed by atoms with E-state index in [2.05, 4.69) is 0 Å². The number of ether oxygens (including phenoxy) is 1. The number of primary amides is 1. The van der Waals surface area contributed by atoms with Crippen LogP contribution in [-0.4, -0.2) is 56.6 Å². The summed E-state index contributed by atoms with van der Waals surface area (Å²) < 4.78 is 27.5. The number of rotatable bonds is 6. The van der Waals surface area contributed by atoms with Gasteiger partial charge in [-0.25, -0.2) is 13.2 Å². The second-order valence-electron chi connectivity index (χ2n) is 6.34. The molecule has 1 atom stereocenters. The van der Waals surface area contributed by atoms with Crippen LogP contribution in [0.4, 0.5) is 0 Å². The highest BCUT2D eigenvalue weighted by Gasteiger charge is 2.31. The second kappa shape index (κ2) is 8.31. The summed E-state index contributed by atoms with van der Waals surface area (Å²) in [6, 6.07) is 5.27. The number of nitrogens with two attached hydrogens (primary N) is 1. The zero-order valence-corrected chi connectivity index (χ0v) is 15.3. The molecule has 1 aliphatic heterocycles. The highest BCUT2D eigenvalue weighted by molar-refractivity contribution is 7.89. The Morgan fingerprint density at radius 1 is 1.19 bits per heavy atom. The van der Waals surface area contributed by atoms with Gasteiger partial charge in [0.2, 0.25) is 5.91 Å². The van der Waals surface area contributed by atoms with Gasteiger partial charge >= 0.3 is 5.97 Å². The van der Waals surface area contributed by atoms with Crippen LogP contribution in [0.5, 0.6) is 0 Å². The van der Waals surface area contributed by atoms with Crippen LogP contribution in [-0.2, 0) is 29.9 Å². The van der Waals surface area contributed by atoms with Crippen LogP contribution in [0, 0.1) is 0 Å². The molecule has 0 saturated carbocycles. The molecule has 26 heavy (non-hydrogen) atoms. The third-order valence-corrected chi connectivity index (χ3v) is 4.95. The summed E-state index contributed by atoms with van der Waals surface area (Å²) in [6.45, 7) is -0.0715. The van der Waals surface area contributed by atoms with Gasteiger partial charge in [-0.1, -0.05) is 12.1 Å². The molecule has 142 valence electrons. The number of sulfone groups is 1. The molecular formula is C17H22N2O6S. The Bertz CT molecular complexity index is 788. The molecule has 2 N–H and O–H groups in total. The van der Waals surface area contributed by atoms with Crippen molar-refractivity contribution in [1.29, 1.82) is 0 Å². The fourth-order valence-corrected chi connectivity index (χ4v) is 3.66. The van der Waals surface area contributed by atoms with Crippen LogP contribution in [0.1, 0.15) is 35.2 Å². The maximum absolute atomic E-state index is 12.2. The van der Waals surface area contributed by atoms with E-state index in [1.165, 1.54) is 29.2 Å². The first kappa shape index (κ1) is 19.9. The largest absolute Gasteiger partial charge is 0.452 e. The van der Waals surface area contributed by atoms with Gasteiger partial charge in [-0.3, -0.25) is 9.59 Å².